The lowest BCUT2D eigenvalue weighted by atomic mass is 10.1. The summed E-state index contributed by atoms with van der Waals surface area (Å²) in [5, 5.41) is 4.09. The Kier molecular flexibility index (Phi) is 6.29. The molecular weight excluding hydrogens is 394 g/mol. The van der Waals surface area contributed by atoms with E-state index in [0.29, 0.717) is 6.54 Å². The Hall–Kier alpha value is -2.51. The number of rotatable bonds is 6. The maximum Gasteiger partial charge on any atom is 0.261 e. The Morgan fingerprint density at radius 2 is 1.77 bits per heavy atom. The lowest BCUT2D eigenvalue weighted by Crippen LogP contribution is -2.46. The normalized spacial score (nSPS) is 15.0. The molecule has 2 aromatic heterocycles. The number of carbonyl (C=O) groups excluding carboxylic acids is 1. The van der Waals surface area contributed by atoms with Crippen LogP contribution in [0.2, 0.25) is 0 Å². The number of nitrogens with zero attached hydrogens (tertiary/aromatic N) is 4. The lowest BCUT2D eigenvalue weighted by molar-refractivity contribution is 0.0954. The van der Waals surface area contributed by atoms with Gasteiger partial charge in [0.05, 0.1) is 10.3 Å². The van der Waals surface area contributed by atoms with Gasteiger partial charge < -0.3 is 15.1 Å². The van der Waals surface area contributed by atoms with Crippen LogP contribution in [0.5, 0.6) is 0 Å². The van der Waals surface area contributed by atoms with Crippen molar-refractivity contribution >= 4 is 33.3 Å². The van der Waals surface area contributed by atoms with Gasteiger partial charge >= 0.3 is 0 Å². The molecule has 1 aliphatic heterocycles. The van der Waals surface area contributed by atoms with Gasteiger partial charge in [0.2, 0.25) is 0 Å². The summed E-state index contributed by atoms with van der Waals surface area (Å²) in [5.74, 6) is 0.913. The van der Waals surface area contributed by atoms with E-state index in [4.69, 9.17) is 0 Å². The highest BCUT2D eigenvalue weighted by atomic mass is 32.1. The van der Waals surface area contributed by atoms with Crippen LogP contribution in [0.15, 0.2) is 30.6 Å². The molecule has 0 atom stereocenters. The van der Waals surface area contributed by atoms with Gasteiger partial charge in [0.15, 0.2) is 0 Å². The zero-order chi connectivity index (χ0) is 21.1. The number of anilines is 1. The average Bonchev–Trinajstić information content (AvgIpc) is 3.14. The number of fused-ring (bicyclic) bond motifs is 1. The van der Waals surface area contributed by atoms with Crippen LogP contribution in [0.1, 0.15) is 40.2 Å². The van der Waals surface area contributed by atoms with E-state index in [1.807, 2.05) is 6.92 Å². The molecule has 4 rings (SSSR count). The van der Waals surface area contributed by atoms with Crippen LogP contribution in [0.25, 0.3) is 10.2 Å². The summed E-state index contributed by atoms with van der Waals surface area (Å²) >= 11 is 1.46. The van der Waals surface area contributed by atoms with Crippen LogP contribution < -0.4 is 10.2 Å². The maximum atomic E-state index is 12.9. The summed E-state index contributed by atoms with van der Waals surface area (Å²) in [5.41, 5.74) is 3.38. The molecule has 7 heteroatoms. The first-order chi connectivity index (χ1) is 14.6. The smallest absolute Gasteiger partial charge is 0.261 e. The molecule has 3 aromatic rings. The SMILES string of the molecule is CCc1ccc(CNC(=O)c2sc3ncnc(N4CCN(CC)CC4)c3c2C)cc1. The van der Waals surface area contributed by atoms with E-state index in [1.165, 1.54) is 16.9 Å². The third kappa shape index (κ3) is 4.18. The van der Waals surface area contributed by atoms with E-state index in [-0.39, 0.29) is 5.91 Å². The number of carbonyl (C=O) groups is 1. The minimum Gasteiger partial charge on any atom is -0.353 e. The van der Waals surface area contributed by atoms with E-state index < -0.39 is 0 Å². The number of benzene rings is 1. The largest absolute Gasteiger partial charge is 0.353 e. The van der Waals surface area contributed by atoms with Crippen LogP contribution >= 0.6 is 11.3 Å². The van der Waals surface area contributed by atoms with E-state index in [9.17, 15) is 4.79 Å². The zero-order valence-corrected chi connectivity index (χ0v) is 18.8. The molecule has 1 aliphatic rings. The van der Waals surface area contributed by atoms with Crippen molar-refractivity contribution in [1.82, 2.24) is 20.2 Å². The summed E-state index contributed by atoms with van der Waals surface area (Å²) in [6.45, 7) is 11.9. The molecular formula is C23H29N5OS. The van der Waals surface area contributed by atoms with Crippen molar-refractivity contribution in [2.45, 2.75) is 33.7 Å². The highest BCUT2D eigenvalue weighted by Gasteiger charge is 2.24. The van der Waals surface area contributed by atoms with Gasteiger partial charge in [-0.1, -0.05) is 38.1 Å². The first kappa shape index (κ1) is 20.8. The molecule has 3 heterocycles. The quantitative estimate of drug-likeness (QED) is 0.656. The summed E-state index contributed by atoms with van der Waals surface area (Å²) in [6.07, 6.45) is 2.64. The van der Waals surface area contributed by atoms with E-state index >= 15 is 0 Å². The highest BCUT2D eigenvalue weighted by Crippen LogP contribution is 2.35. The molecule has 0 aliphatic carbocycles. The number of amides is 1. The Morgan fingerprint density at radius 3 is 2.43 bits per heavy atom. The minimum atomic E-state index is -0.0446. The van der Waals surface area contributed by atoms with Gasteiger partial charge in [0.25, 0.3) is 5.91 Å². The number of piperazine rings is 1. The van der Waals surface area contributed by atoms with Crippen LogP contribution in [0.4, 0.5) is 5.82 Å². The standard InChI is InChI=1S/C23H29N5OS/c1-4-17-6-8-18(9-7-17)14-24-22(29)20-16(3)19-21(25-15-26-23(19)30-20)28-12-10-27(5-2)11-13-28/h6-9,15H,4-5,10-14H2,1-3H3,(H,24,29). The van der Waals surface area contributed by atoms with Gasteiger partial charge in [0, 0.05) is 32.7 Å². The van der Waals surface area contributed by atoms with E-state index in [2.05, 4.69) is 63.2 Å². The second-order valence-corrected chi connectivity index (χ2v) is 8.71. The second kappa shape index (κ2) is 9.10. The van der Waals surface area contributed by atoms with E-state index in [1.54, 1.807) is 6.33 Å². The van der Waals surface area contributed by atoms with Gasteiger partial charge in [0.1, 0.15) is 17.0 Å². The fraction of sp³-hybridized carbons (Fsp3) is 0.435. The molecule has 0 spiro atoms. The monoisotopic (exact) mass is 423 g/mol. The van der Waals surface area contributed by atoms with Crippen molar-refractivity contribution in [3.05, 3.63) is 52.2 Å². The molecule has 158 valence electrons. The molecule has 1 amide bonds. The Balaban J connectivity index is 1.53. The molecule has 1 N–H and O–H groups in total. The predicted octanol–water partition coefficient (Wildman–Crippen LogP) is 3.63. The Labute approximate surface area is 181 Å². The minimum absolute atomic E-state index is 0.0446. The van der Waals surface area contributed by atoms with E-state index in [0.717, 1.165) is 71.2 Å². The van der Waals surface area contributed by atoms with Crippen molar-refractivity contribution in [1.29, 1.82) is 0 Å². The van der Waals surface area contributed by atoms with Crippen molar-refractivity contribution in [3.8, 4) is 0 Å². The van der Waals surface area contributed by atoms with Gasteiger partial charge in [-0.15, -0.1) is 11.3 Å². The molecule has 0 bridgehead atoms. The first-order valence-corrected chi connectivity index (χ1v) is 11.5. The number of thiophene rings is 1. The third-order valence-corrected chi connectivity index (χ3v) is 7.11. The van der Waals surface area contributed by atoms with Crippen molar-refractivity contribution in [2.24, 2.45) is 0 Å². The molecule has 1 aromatic carbocycles. The van der Waals surface area contributed by atoms with Crippen LogP contribution in [0.3, 0.4) is 0 Å². The fourth-order valence-electron chi connectivity index (χ4n) is 3.94. The van der Waals surface area contributed by atoms with Gasteiger partial charge in [-0.05, 0) is 36.6 Å². The zero-order valence-electron chi connectivity index (χ0n) is 17.9. The number of aromatic nitrogens is 2. The fourth-order valence-corrected chi connectivity index (χ4v) is 5.00. The number of hydrogen-bond acceptors (Lipinski definition) is 6. The summed E-state index contributed by atoms with van der Waals surface area (Å²) in [6, 6.07) is 8.39. The first-order valence-electron chi connectivity index (χ1n) is 10.7. The van der Waals surface area contributed by atoms with Crippen molar-refractivity contribution in [3.63, 3.8) is 0 Å². The molecule has 0 radical (unpaired) electrons. The topological polar surface area (TPSA) is 61.4 Å². The second-order valence-electron chi connectivity index (χ2n) is 7.71. The van der Waals surface area contributed by atoms with Crippen LogP contribution in [0, 0.1) is 6.92 Å². The number of nitrogens with one attached hydrogen (secondary N) is 1. The summed E-state index contributed by atoms with van der Waals surface area (Å²) in [4.78, 5) is 28.4. The number of likely N-dealkylation sites (N-methyl/N-ethyl adjacent to an activating group) is 1. The summed E-state index contributed by atoms with van der Waals surface area (Å²) in [7, 11) is 0. The van der Waals surface area contributed by atoms with Crippen molar-refractivity contribution in [2.75, 3.05) is 37.6 Å². The Morgan fingerprint density at radius 1 is 1.07 bits per heavy atom. The van der Waals surface area contributed by atoms with Gasteiger partial charge in [-0.2, -0.15) is 0 Å². The van der Waals surface area contributed by atoms with Gasteiger partial charge in [-0.3, -0.25) is 4.79 Å². The summed E-state index contributed by atoms with van der Waals surface area (Å²) < 4.78 is 0. The molecule has 0 unspecified atom stereocenters. The van der Waals surface area contributed by atoms with Gasteiger partial charge in [-0.25, -0.2) is 9.97 Å². The molecule has 30 heavy (non-hydrogen) atoms. The number of aryl methyl sites for hydroxylation is 2. The average molecular weight is 424 g/mol. The maximum absolute atomic E-state index is 12.9. The Bertz CT molecular complexity index is 1020. The lowest BCUT2D eigenvalue weighted by Gasteiger charge is -2.35. The predicted molar refractivity (Wildman–Crippen MR) is 123 cm³/mol. The molecule has 1 fully saturated rings. The molecule has 6 nitrogen and oxygen atoms in total. The number of hydrogen-bond donors (Lipinski definition) is 1. The van der Waals surface area contributed by atoms with Crippen LogP contribution in [-0.2, 0) is 13.0 Å². The third-order valence-electron chi connectivity index (χ3n) is 5.92. The van der Waals surface area contributed by atoms with Crippen molar-refractivity contribution < 1.29 is 4.79 Å². The van der Waals surface area contributed by atoms with Crippen LogP contribution in [-0.4, -0.2) is 53.5 Å². The highest BCUT2D eigenvalue weighted by molar-refractivity contribution is 7.20. The molecule has 1 saturated heterocycles. The molecule has 0 saturated carbocycles.